The van der Waals surface area contributed by atoms with Gasteiger partial charge in [-0.25, -0.2) is 4.68 Å². The highest BCUT2D eigenvalue weighted by Gasteiger charge is 2.32. The van der Waals surface area contributed by atoms with Crippen LogP contribution in [0.25, 0.3) is 16.7 Å². The third-order valence-electron chi connectivity index (χ3n) is 3.26. The highest BCUT2D eigenvalue weighted by atomic mass is 35.5. The highest BCUT2D eigenvalue weighted by Crippen LogP contribution is 2.43. The Morgan fingerprint density at radius 2 is 2.16 bits per heavy atom. The van der Waals surface area contributed by atoms with Gasteiger partial charge in [-0.1, -0.05) is 16.8 Å². The van der Waals surface area contributed by atoms with E-state index in [1.165, 1.54) is 0 Å². The van der Waals surface area contributed by atoms with Gasteiger partial charge in [0.25, 0.3) is 0 Å². The first-order chi connectivity index (χ1) is 9.25. The Kier molecular flexibility index (Phi) is 2.27. The van der Waals surface area contributed by atoms with Crippen molar-refractivity contribution in [2.24, 2.45) is 0 Å². The lowest BCUT2D eigenvalue weighted by molar-refractivity contribution is 0.767. The van der Waals surface area contributed by atoms with E-state index in [0.717, 1.165) is 47.0 Å². The SMILES string of the molecule is Nc1nnn(-c2c(Cl)ccc3nsnc23)c1C1CC1. The molecule has 0 amide bonds. The monoisotopic (exact) mass is 292 g/mol. The topological polar surface area (TPSA) is 82.5 Å². The summed E-state index contributed by atoms with van der Waals surface area (Å²) in [6.45, 7) is 0. The fourth-order valence-electron chi connectivity index (χ4n) is 2.22. The molecule has 2 aromatic heterocycles. The molecule has 1 aromatic carbocycles. The lowest BCUT2D eigenvalue weighted by atomic mass is 10.2. The molecule has 0 unspecified atom stereocenters. The van der Waals surface area contributed by atoms with E-state index in [-0.39, 0.29) is 0 Å². The Bertz CT molecular complexity index is 775. The molecule has 1 saturated carbocycles. The Labute approximate surface area is 117 Å². The second kappa shape index (κ2) is 3.88. The molecule has 6 nitrogen and oxygen atoms in total. The normalized spacial score (nSPS) is 15.2. The molecule has 0 atom stereocenters. The average molecular weight is 293 g/mol. The third-order valence-corrected chi connectivity index (χ3v) is 4.11. The zero-order chi connectivity index (χ0) is 13.0. The quantitative estimate of drug-likeness (QED) is 0.784. The van der Waals surface area contributed by atoms with Crippen molar-refractivity contribution in [1.82, 2.24) is 23.7 Å². The van der Waals surface area contributed by atoms with Crippen molar-refractivity contribution < 1.29 is 0 Å². The molecule has 0 radical (unpaired) electrons. The van der Waals surface area contributed by atoms with Crippen molar-refractivity contribution in [2.45, 2.75) is 18.8 Å². The van der Waals surface area contributed by atoms with Crippen LogP contribution >= 0.6 is 23.3 Å². The van der Waals surface area contributed by atoms with Gasteiger partial charge in [0.1, 0.15) is 16.7 Å². The van der Waals surface area contributed by atoms with E-state index in [4.69, 9.17) is 17.3 Å². The van der Waals surface area contributed by atoms with Gasteiger partial charge in [0.15, 0.2) is 5.82 Å². The number of halogens is 1. The van der Waals surface area contributed by atoms with Gasteiger partial charge in [-0.3, -0.25) is 0 Å². The number of fused-ring (bicyclic) bond motifs is 1. The van der Waals surface area contributed by atoms with E-state index in [9.17, 15) is 0 Å². The van der Waals surface area contributed by atoms with E-state index in [1.54, 1.807) is 10.7 Å². The summed E-state index contributed by atoms with van der Waals surface area (Å²) in [5.41, 5.74) is 9.12. The Balaban J connectivity index is 2.04. The predicted octanol–water partition coefficient (Wildman–Crippen LogP) is 2.38. The van der Waals surface area contributed by atoms with E-state index < -0.39 is 0 Å². The van der Waals surface area contributed by atoms with Crippen LogP contribution in [-0.4, -0.2) is 23.7 Å². The number of hydrogen-bond donors (Lipinski definition) is 1. The Morgan fingerprint density at radius 3 is 2.95 bits per heavy atom. The molecule has 96 valence electrons. The average Bonchev–Trinajstić information content (AvgIpc) is 2.99. The molecule has 1 aliphatic carbocycles. The fourth-order valence-corrected chi connectivity index (χ4v) is 2.99. The van der Waals surface area contributed by atoms with Crippen molar-refractivity contribution in [3.8, 4) is 5.69 Å². The highest BCUT2D eigenvalue weighted by molar-refractivity contribution is 7.00. The van der Waals surface area contributed by atoms with E-state index >= 15 is 0 Å². The zero-order valence-electron chi connectivity index (χ0n) is 9.75. The molecule has 0 bridgehead atoms. The second-order valence-corrected chi connectivity index (χ2v) is 5.51. The molecular weight excluding hydrogens is 284 g/mol. The minimum Gasteiger partial charge on any atom is -0.381 e. The van der Waals surface area contributed by atoms with Gasteiger partial charge in [-0.05, 0) is 25.0 Å². The van der Waals surface area contributed by atoms with Crippen LogP contribution < -0.4 is 5.73 Å². The molecule has 1 aliphatic rings. The maximum Gasteiger partial charge on any atom is 0.169 e. The standard InChI is InChI=1S/C11H9ClN6S/c12-6-3-4-7-8(16-19-15-7)10(6)18-9(5-1-2-5)11(13)14-17-18/h3-5H,1-2,13H2. The summed E-state index contributed by atoms with van der Waals surface area (Å²) in [5, 5.41) is 8.68. The number of aromatic nitrogens is 5. The van der Waals surface area contributed by atoms with Crippen molar-refractivity contribution >= 4 is 40.2 Å². The van der Waals surface area contributed by atoms with Crippen molar-refractivity contribution in [2.75, 3.05) is 5.73 Å². The van der Waals surface area contributed by atoms with E-state index in [1.807, 2.05) is 6.07 Å². The van der Waals surface area contributed by atoms with E-state index in [0.29, 0.717) is 16.8 Å². The summed E-state index contributed by atoms with van der Waals surface area (Å²) in [4.78, 5) is 0. The summed E-state index contributed by atoms with van der Waals surface area (Å²) >= 11 is 7.46. The minimum absolute atomic E-state index is 0.424. The van der Waals surface area contributed by atoms with Gasteiger partial charge in [0.05, 0.1) is 22.4 Å². The minimum atomic E-state index is 0.424. The van der Waals surface area contributed by atoms with Crippen LogP contribution in [0.5, 0.6) is 0 Å². The first kappa shape index (κ1) is 11.1. The first-order valence-corrected chi connectivity index (χ1v) is 6.98. The van der Waals surface area contributed by atoms with Crippen LogP contribution in [0.1, 0.15) is 24.5 Å². The van der Waals surface area contributed by atoms with Crippen LogP contribution in [0.3, 0.4) is 0 Å². The summed E-state index contributed by atoms with van der Waals surface area (Å²) in [6, 6.07) is 3.65. The van der Waals surface area contributed by atoms with Gasteiger partial charge in [0, 0.05) is 5.92 Å². The van der Waals surface area contributed by atoms with Crippen LogP contribution in [0, 0.1) is 0 Å². The van der Waals surface area contributed by atoms with Crippen molar-refractivity contribution in [1.29, 1.82) is 0 Å². The van der Waals surface area contributed by atoms with Gasteiger partial charge < -0.3 is 5.73 Å². The molecule has 8 heteroatoms. The molecule has 0 spiro atoms. The first-order valence-electron chi connectivity index (χ1n) is 5.88. The molecular formula is C11H9ClN6S. The number of nitrogens with two attached hydrogens (primary N) is 1. The molecule has 1 fully saturated rings. The molecule has 2 heterocycles. The second-order valence-electron chi connectivity index (χ2n) is 4.57. The summed E-state index contributed by atoms with van der Waals surface area (Å²) in [5.74, 6) is 0.895. The molecule has 4 rings (SSSR count). The number of anilines is 1. The predicted molar refractivity (Wildman–Crippen MR) is 73.7 cm³/mol. The zero-order valence-corrected chi connectivity index (χ0v) is 11.3. The fraction of sp³-hybridized carbons (Fsp3) is 0.273. The van der Waals surface area contributed by atoms with Gasteiger partial charge in [-0.2, -0.15) is 8.75 Å². The maximum absolute atomic E-state index is 6.31. The summed E-state index contributed by atoms with van der Waals surface area (Å²) in [7, 11) is 0. The Morgan fingerprint density at radius 1 is 1.32 bits per heavy atom. The van der Waals surface area contributed by atoms with Crippen LogP contribution in [0.2, 0.25) is 5.02 Å². The van der Waals surface area contributed by atoms with Gasteiger partial charge in [0.2, 0.25) is 0 Å². The largest absolute Gasteiger partial charge is 0.381 e. The number of hydrogen-bond acceptors (Lipinski definition) is 6. The third kappa shape index (κ3) is 1.62. The van der Waals surface area contributed by atoms with Crippen LogP contribution in [0.4, 0.5) is 5.82 Å². The van der Waals surface area contributed by atoms with Gasteiger partial charge in [-0.15, -0.1) is 5.10 Å². The summed E-state index contributed by atoms with van der Waals surface area (Å²) < 4.78 is 10.2. The van der Waals surface area contributed by atoms with Crippen molar-refractivity contribution in [3.05, 3.63) is 22.8 Å². The lowest BCUT2D eigenvalue weighted by Crippen LogP contribution is -2.04. The maximum atomic E-state index is 6.31. The van der Waals surface area contributed by atoms with Crippen molar-refractivity contribution in [3.63, 3.8) is 0 Å². The molecule has 19 heavy (non-hydrogen) atoms. The molecule has 3 aromatic rings. The lowest BCUT2D eigenvalue weighted by Gasteiger charge is -2.08. The van der Waals surface area contributed by atoms with Crippen LogP contribution in [0.15, 0.2) is 12.1 Å². The number of nitrogen functional groups attached to an aromatic ring is 1. The molecule has 2 N–H and O–H groups in total. The smallest absolute Gasteiger partial charge is 0.169 e. The number of rotatable bonds is 2. The summed E-state index contributed by atoms with van der Waals surface area (Å²) in [6.07, 6.45) is 2.22. The Hall–Kier alpha value is -1.73. The number of benzene rings is 1. The van der Waals surface area contributed by atoms with E-state index in [2.05, 4.69) is 19.1 Å². The molecule has 0 aliphatic heterocycles. The number of nitrogens with zero attached hydrogens (tertiary/aromatic N) is 5. The molecule has 0 saturated heterocycles. The van der Waals surface area contributed by atoms with Crippen LogP contribution in [-0.2, 0) is 0 Å². The van der Waals surface area contributed by atoms with Gasteiger partial charge >= 0.3 is 0 Å².